The molecule has 0 unspecified atom stereocenters. The zero-order valence-electron chi connectivity index (χ0n) is 8.31. The van der Waals surface area contributed by atoms with Crippen molar-refractivity contribution < 1.29 is 4.74 Å². The summed E-state index contributed by atoms with van der Waals surface area (Å²) in [6, 6.07) is 6.02. The molecule has 0 N–H and O–H groups in total. The molecular formula is C11H14N2O. The minimum absolute atomic E-state index is 0.799. The van der Waals surface area contributed by atoms with Gasteiger partial charge < -0.3 is 9.14 Å². The number of nitrogens with zero attached hydrogens (tertiary/aromatic N) is 2. The van der Waals surface area contributed by atoms with E-state index in [4.69, 9.17) is 4.74 Å². The zero-order valence-corrected chi connectivity index (χ0v) is 8.31. The molecule has 0 bridgehead atoms. The predicted octanol–water partition coefficient (Wildman–Crippen LogP) is 1.91. The van der Waals surface area contributed by atoms with Crippen LogP contribution in [0, 0.1) is 0 Å². The van der Waals surface area contributed by atoms with Crippen molar-refractivity contribution in [1.82, 2.24) is 9.38 Å². The molecule has 0 amide bonds. The number of fused-ring (bicyclic) bond motifs is 1. The molecule has 2 rings (SSSR count). The Morgan fingerprint density at radius 2 is 2.36 bits per heavy atom. The highest BCUT2D eigenvalue weighted by atomic mass is 16.5. The second-order valence-electron chi connectivity index (χ2n) is 3.29. The fourth-order valence-electron chi connectivity index (χ4n) is 1.51. The molecule has 3 heteroatoms. The summed E-state index contributed by atoms with van der Waals surface area (Å²) in [7, 11) is 1.73. The van der Waals surface area contributed by atoms with E-state index in [9.17, 15) is 0 Å². The van der Waals surface area contributed by atoms with Crippen molar-refractivity contribution >= 4 is 5.65 Å². The Morgan fingerprint density at radius 1 is 1.43 bits per heavy atom. The third-order valence-corrected chi connectivity index (χ3v) is 2.20. The molecule has 2 aromatic rings. The lowest BCUT2D eigenvalue weighted by molar-refractivity contribution is 0.195. The molecule has 2 heterocycles. The van der Waals surface area contributed by atoms with Gasteiger partial charge in [0.05, 0.1) is 5.69 Å². The lowest BCUT2D eigenvalue weighted by Crippen LogP contribution is -1.92. The topological polar surface area (TPSA) is 26.5 Å². The van der Waals surface area contributed by atoms with Crippen LogP contribution in [-0.2, 0) is 11.2 Å². The highest BCUT2D eigenvalue weighted by Crippen LogP contribution is 2.06. The van der Waals surface area contributed by atoms with Crippen LogP contribution >= 0.6 is 0 Å². The quantitative estimate of drug-likeness (QED) is 0.688. The average molecular weight is 190 g/mol. The van der Waals surface area contributed by atoms with Gasteiger partial charge in [0.1, 0.15) is 5.65 Å². The molecule has 0 aliphatic heterocycles. The van der Waals surface area contributed by atoms with Gasteiger partial charge in [-0.05, 0) is 25.0 Å². The SMILES string of the molecule is COCCCc1cn2ccccc2n1. The molecule has 0 radical (unpaired) electrons. The first-order valence-corrected chi connectivity index (χ1v) is 4.82. The van der Waals surface area contributed by atoms with E-state index in [-0.39, 0.29) is 0 Å². The number of imidazole rings is 1. The molecule has 0 saturated carbocycles. The smallest absolute Gasteiger partial charge is 0.136 e. The summed E-state index contributed by atoms with van der Waals surface area (Å²) in [5.74, 6) is 0. The van der Waals surface area contributed by atoms with Crippen LogP contribution in [0.25, 0.3) is 5.65 Å². The first-order valence-electron chi connectivity index (χ1n) is 4.82. The zero-order chi connectivity index (χ0) is 9.80. The van der Waals surface area contributed by atoms with E-state index < -0.39 is 0 Å². The molecule has 0 saturated heterocycles. The lowest BCUT2D eigenvalue weighted by Gasteiger charge is -1.94. The van der Waals surface area contributed by atoms with E-state index in [1.165, 1.54) is 0 Å². The van der Waals surface area contributed by atoms with Gasteiger partial charge in [-0.3, -0.25) is 0 Å². The van der Waals surface area contributed by atoms with Crippen LogP contribution in [0.4, 0.5) is 0 Å². The van der Waals surface area contributed by atoms with E-state index >= 15 is 0 Å². The van der Waals surface area contributed by atoms with Crippen molar-refractivity contribution in [3.05, 3.63) is 36.3 Å². The maximum Gasteiger partial charge on any atom is 0.136 e. The molecule has 0 fully saturated rings. The Hall–Kier alpha value is -1.35. The normalized spacial score (nSPS) is 10.9. The first kappa shape index (κ1) is 9.21. The average Bonchev–Trinajstić information content (AvgIpc) is 2.60. The van der Waals surface area contributed by atoms with Gasteiger partial charge in [-0.1, -0.05) is 6.07 Å². The number of hydrogen-bond donors (Lipinski definition) is 0. The Bertz CT molecular complexity index is 375. The summed E-state index contributed by atoms with van der Waals surface area (Å²) in [4.78, 5) is 4.49. The highest BCUT2D eigenvalue weighted by molar-refractivity contribution is 5.39. The standard InChI is InChI=1S/C11H14N2O/c1-14-8-4-5-10-9-13-7-3-2-6-11(13)12-10/h2-3,6-7,9H,4-5,8H2,1H3. The highest BCUT2D eigenvalue weighted by Gasteiger charge is 1.99. The van der Waals surface area contributed by atoms with Gasteiger partial charge in [0, 0.05) is 26.1 Å². The van der Waals surface area contributed by atoms with Crippen LogP contribution in [0.5, 0.6) is 0 Å². The van der Waals surface area contributed by atoms with Gasteiger partial charge in [0.15, 0.2) is 0 Å². The van der Waals surface area contributed by atoms with Crippen LogP contribution < -0.4 is 0 Å². The molecule has 14 heavy (non-hydrogen) atoms. The Morgan fingerprint density at radius 3 is 3.14 bits per heavy atom. The number of rotatable bonds is 4. The second kappa shape index (κ2) is 4.24. The number of methoxy groups -OCH3 is 1. The van der Waals surface area contributed by atoms with Crippen LogP contribution in [0.15, 0.2) is 30.6 Å². The van der Waals surface area contributed by atoms with Gasteiger partial charge in [-0.2, -0.15) is 0 Å². The number of ether oxygens (including phenoxy) is 1. The van der Waals surface area contributed by atoms with Crippen molar-refractivity contribution in [3.8, 4) is 0 Å². The molecular weight excluding hydrogens is 176 g/mol. The van der Waals surface area contributed by atoms with Gasteiger partial charge in [-0.15, -0.1) is 0 Å². The number of aryl methyl sites for hydroxylation is 1. The number of pyridine rings is 1. The molecule has 0 aromatic carbocycles. The van der Waals surface area contributed by atoms with Crippen LogP contribution in [-0.4, -0.2) is 23.1 Å². The van der Waals surface area contributed by atoms with E-state index in [1.54, 1.807) is 7.11 Å². The molecule has 2 aromatic heterocycles. The first-order chi connectivity index (χ1) is 6.90. The minimum Gasteiger partial charge on any atom is -0.385 e. The van der Waals surface area contributed by atoms with Gasteiger partial charge in [0.25, 0.3) is 0 Å². The molecule has 3 nitrogen and oxygen atoms in total. The third-order valence-electron chi connectivity index (χ3n) is 2.20. The van der Waals surface area contributed by atoms with E-state index in [0.717, 1.165) is 30.8 Å². The predicted molar refractivity (Wildman–Crippen MR) is 55.4 cm³/mol. The lowest BCUT2D eigenvalue weighted by atomic mass is 10.3. The van der Waals surface area contributed by atoms with Gasteiger partial charge >= 0.3 is 0 Å². The third kappa shape index (κ3) is 1.93. The molecule has 0 aliphatic carbocycles. The Kier molecular flexibility index (Phi) is 2.79. The van der Waals surface area contributed by atoms with Crippen molar-refractivity contribution in [2.24, 2.45) is 0 Å². The van der Waals surface area contributed by atoms with Gasteiger partial charge in [-0.25, -0.2) is 4.98 Å². The Balaban J connectivity index is 2.11. The monoisotopic (exact) mass is 190 g/mol. The summed E-state index contributed by atoms with van der Waals surface area (Å²) in [6.45, 7) is 0.799. The van der Waals surface area contributed by atoms with Crippen LogP contribution in [0.1, 0.15) is 12.1 Å². The van der Waals surface area contributed by atoms with Crippen LogP contribution in [0.2, 0.25) is 0 Å². The summed E-state index contributed by atoms with van der Waals surface area (Å²) in [6.07, 6.45) is 6.10. The van der Waals surface area contributed by atoms with Crippen molar-refractivity contribution in [2.75, 3.05) is 13.7 Å². The number of aromatic nitrogens is 2. The van der Waals surface area contributed by atoms with E-state index in [0.29, 0.717) is 0 Å². The summed E-state index contributed by atoms with van der Waals surface area (Å²) < 4.78 is 7.05. The second-order valence-corrected chi connectivity index (χ2v) is 3.29. The van der Waals surface area contributed by atoms with Gasteiger partial charge in [0.2, 0.25) is 0 Å². The fraction of sp³-hybridized carbons (Fsp3) is 0.364. The summed E-state index contributed by atoms with van der Waals surface area (Å²) >= 11 is 0. The van der Waals surface area contributed by atoms with Crippen molar-refractivity contribution in [3.63, 3.8) is 0 Å². The summed E-state index contributed by atoms with van der Waals surface area (Å²) in [5.41, 5.74) is 2.15. The van der Waals surface area contributed by atoms with E-state index in [1.807, 2.05) is 28.8 Å². The fourth-order valence-corrected chi connectivity index (χ4v) is 1.51. The molecule has 0 atom stereocenters. The maximum atomic E-state index is 5.00. The van der Waals surface area contributed by atoms with Crippen molar-refractivity contribution in [1.29, 1.82) is 0 Å². The molecule has 0 spiro atoms. The molecule has 0 aliphatic rings. The maximum absolute atomic E-state index is 5.00. The number of hydrogen-bond acceptors (Lipinski definition) is 2. The van der Waals surface area contributed by atoms with Crippen molar-refractivity contribution in [2.45, 2.75) is 12.8 Å². The largest absolute Gasteiger partial charge is 0.385 e. The summed E-state index contributed by atoms with van der Waals surface area (Å²) in [5, 5.41) is 0. The Labute approximate surface area is 83.3 Å². The minimum atomic E-state index is 0.799. The molecule has 74 valence electrons. The van der Waals surface area contributed by atoms with Crippen LogP contribution in [0.3, 0.4) is 0 Å². The van der Waals surface area contributed by atoms with E-state index in [2.05, 4.69) is 11.2 Å².